The maximum atomic E-state index is 9.42. The van der Waals surface area contributed by atoms with Gasteiger partial charge in [0.1, 0.15) is 6.04 Å². The Bertz CT molecular complexity index is 394. The molecule has 1 saturated heterocycles. The fraction of sp³-hybridized carbons (Fsp3) is 0.615. The van der Waals surface area contributed by atoms with Crippen LogP contribution in [0.5, 0.6) is 0 Å². The van der Waals surface area contributed by atoms with Crippen molar-refractivity contribution in [1.29, 1.82) is 5.26 Å². The summed E-state index contributed by atoms with van der Waals surface area (Å²) in [5, 5.41) is 9.42. The van der Waals surface area contributed by atoms with Gasteiger partial charge in [-0.3, -0.25) is 4.90 Å². The normalized spacial score (nSPS) is 19.6. The number of halogens is 1. The van der Waals surface area contributed by atoms with E-state index >= 15 is 0 Å². The number of rotatable bonds is 2. The Morgan fingerprint density at radius 1 is 1.35 bits per heavy atom. The minimum absolute atomic E-state index is 0.0527. The lowest BCUT2D eigenvalue weighted by atomic mass is 10.2. The fourth-order valence-electron chi connectivity index (χ4n) is 2.29. The molecule has 4 heteroatoms. The van der Waals surface area contributed by atoms with Crippen molar-refractivity contribution in [3.63, 3.8) is 0 Å². The van der Waals surface area contributed by atoms with Gasteiger partial charge in [0, 0.05) is 14.2 Å². The number of aryl methyl sites for hydroxylation is 1. The number of likely N-dealkylation sites (tertiary alicyclic amines) is 1. The van der Waals surface area contributed by atoms with Gasteiger partial charge >= 0.3 is 0 Å². The fourth-order valence-corrected chi connectivity index (χ4v) is 3.94. The lowest BCUT2D eigenvalue weighted by molar-refractivity contribution is 0.248. The summed E-state index contributed by atoms with van der Waals surface area (Å²) < 4.78 is 1.13. The molecule has 92 valence electrons. The van der Waals surface area contributed by atoms with Gasteiger partial charge < -0.3 is 0 Å². The summed E-state index contributed by atoms with van der Waals surface area (Å²) in [5.74, 6) is 0. The monoisotopic (exact) mass is 312 g/mol. The van der Waals surface area contributed by atoms with E-state index in [9.17, 15) is 5.26 Å². The van der Waals surface area contributed by atoms with Crippen molar-refractivity contribution >= 4 is 27.3 Å². The van der Waals surface area contributed by atoms with Crippen LogP contribution in [-0.4, -0.2) is 18.0 Å². The standard InChI is InChI=1S/C13H17BrN2S/c1-10-11(14)8-13(17-10)12(9-15)16-6-4-2-3-5-7-16/h8,12H,2-7H2,1H3. The van der Waals surface area contributed by atoms with E-state index < -0.39 is 0 Å². The third-order valence-electron chi connectivity index (χ3n) is 3.27. The first-order valence-corrected chi connectivity index (χ1v) is 7.73. The zero-order valence-electron chi connectivity index (χ0n) is 10.1. The predicted molar refractivity (Wildman–Crippen MR) is 75.2 cm³/mol. The van der Waals surface area contributed by atoms with E-state index in [1.165, 1.54) is 35.4 Å². The zero-order chi connectivity index (χ0) is 12.3. The summed E-state index contributed by atoms with van der Waals surface area (Å²) in [6, 6.07) is 4.53. The Morgan fingerprint density at radius 2 is 2.00 bits per heavy atom. The first-order chi connectivity index (χ1) is 8.22. The molecule has 1 aliphatic heterocycles. The summed E-state index contributed by atoms with van der Waals surface area (Å²) >= 11 is 5.27. The second kappa shape index (κ2) is 5.99. The van der Waals surface area contributed by atoms with Gasteiger partial charge in [-0.15, -0.1) is 11.3 Å². The summed E-state index contributed by atoms with van der Waals surface area (Å²) in [6.07, 6.45) is 5.07. The minimum atomic E-state index is -0.0527. The molecule has 0 saturated carbocycles. The second-order valence-electron chi connectivity index (χ2n) is 4.53. The van der Waals surface area contributed by atoms with E-state index in [0.717, 1.165) is 17.6 Å². The molecule has 0 N–H and O–H groups in total. The Kier molecular flexibility index (Phi) is 4.61. The number of hydrogen-bond acceptors (Lipinski definition) is 3. The molecule has 1 atom stereocenters. The van der Waals surface area contributed by atoms with Gasteiger partial charge in [-0.1, -0.05) is 12.8 Å². The van der Waals surface area contributed by atoms with Crippen LogP contribution in [0.4, 0.5) is 0 Å². The molecule has 1 aromatic rings. The van der Waals surface area contributed by atoms with E-state index in [0.29, 0.717) is 0 Å². The molecule has 0 amide bonds. The molecular formula is C13H17BrN2S. The molecule has 0 radical (unpaired) electrons. The summed E-state index contributed by atoms with van der Waals surface area (Å²) in [5.41, 5.74) is 0. The van der Waals surface area contributed by atoms with Gasteiger partial charge in [-0.05, 0) is 54.9 Å². The topological polar surface area (TPSA) is 27.0 Å². The van der Waals surface area contributed by atoms with Crippen molar-refractivity contribution in [2.24, 2.45) is 0 Å². The molecule has 2 nitrogen and oxygen atoms in total. The van der Waals surface area contributed by atoms with Crippen LogP contribution in [0.1, 0.15) is 41.5 Å². The van der Waals surface area contributed by atoms with E-state index in [1.807, 2.05) is 0 Å². The predicted octanol–water partition coefficient (Wildman–Crippen LogP) is 4.26. The van der Waals surface area contributed by atoms with E-state index in [2.05, 4.69) is 39.9 Å². The van der Waals surface area contributed by atoms with Crippen molar-refractivity contribution in [2.45, 2.75) is 38.6 Å². The van der Waals surface area contributed by atoms with Crippen LogP contribution >= 0.6 is 27.3 Å². The van der Waals surface area contributed by atoms with E-state index in [-0.39, 0.29) is 6.04 Å². The van der Waals surface area contributed by atoms with Crippen LogP contribution in [0.3, 0.4) is 0 Å². The van der Waals surface area contributed by atoms with Crippen molar-refractivity contribution in [3.05, 3.63) is 20.3 Å². The van der Waals surface area contributed by atoms with Gasteiger partial charge in [0.15, 0.2) is 0 Å². The first kappa shape index (κ1) is 13.1. The highest BCUT2D eigenvalue weighted by atomic mass is 79.9. The van der Waals surface area contributed by atoms with Crippen molar-refractivity contribution in [2.75, 3.05) is 13.1 Å². The molecule has 1 unspecified atom stereocenters. The van der Waals surface area contributed by atoms with Crippen molar-refractivity contribution in [3.8, 4) is 6.07 Å². The van der Waals surface area contributed by atoms with E-state index in [4.69, 9.17) is 0 Å². The van der Waals surface area contributed by atoms with Gasteiger partial charge in [0.05, 0.1) is 6.07 Å². The smallest absolute Gasteiger partial charge is 0.133 e. The third kappa shape index (κ3) is 3.09. The number of thiophene rings is 1. The maximum absolute atomic E-state index is 9.42. The number of nitrogens with zero attached hydrogens (tertiary/aromatic N) is 2. The maximum Gasteiger partial charge on any atom is 0.133 e. The molecule has 17 heavy (non-hydrogen) atoms. The van der Waals surface area contributed by atoms with Gasteiger partial charge in [-0.25, -0.2) is 0 Å². The quantitative estimate of drug-likeness (QED) is 0.816. The summed E-state index contributed by atoms with van der Waals surface area (Å²) in [6.45, 7) is 4.22. The van der Waals surface area contributed by atoms with Crippen molar-refractivity contribution in [1.82, 2.24) is 4.90 Å². The average Bonchev–Trinajstić information content (AvgIpc) is 2.56. The molecule has 0 bridgehead atoms. The zero-order valence-corrected chi connectivity index (χ0v) is 12.5. The van der Waals surface area contributed by atoms with Crippen LogP contribution in [0.15, 0.2) is 10.5 Å². The second-order valence-corrected chi connectivity index (χ2v) is 6.68. The molecule has 0 aliphatic carbocycles. The van der Waals surface area contributed by atoms with Crippen LogP contribution in [-0.2, 0) is 0 Å². The lowest BCUT2D eigenvalue weighted by Crippen LogP contribution is -2.28. The van der Waals surface area contributed by atoms with Crippen molar-refractivity contribution < 1.29 is 0 Å². The summed E-state index contributed by atoms with van der Waals surface area (Å²) in [7, 11) is 0. The summed E-state index contributed by atoms with van der Waals surface area (Å²) in [4.78, 5) is 4.78. The number of nitriles is 1. The molecule has 0 spiro atoms. The van der Waals surface area contributed by atoms with Crippen LogP contribution in [0.2, 0.25) is 0 Å². The molecule has 0 aromatic carbocycles. The van der Waals surface area contributed by atoms with Gasteiger partial charge in [-0.2, -0.15) is 5.26 Å². The largest absolute Gasteiger partial charge is 0.284 e. The first-order valence-electron chi connectivity index (χ1n) is 6.12. The Morgan fingerprint density at radius 3 is 2.47 bits per heavy atom. The van der Waals surface area contributed by atoms with E-state index in [1.54, 1.807) is 11.3 Å². The minimum Gasteiger partial charge on any atom is -0.284 e. The van der Waals surface area contributed by atoms with Gasteiger partial charge in [0.2, 0.25) is 0 Å². The average molecular weight is 313 g/mol. The lowest BCUT2D eigenvalue weighted by Gasteiger charge is -2.24. The highest BCUT2D eigenvalue weighted by Gasteiger charge is 2.23. The Balaban J connectivity index is 2.17. The molecule has 2 heterocycles. The van der Waals surface area contributed by atoms with Gasteiger partial charge in [0.25, 0.3) is 0 Å². The molecule has 1 aliphatic rings. The molecule has 1 aromatic heterocycles. The SMILES string of the molecule is Cc1sc(C(C#N)N2CCCCCC2)cc1Br. The van der Waals surface area contributed by atoms with Crippen LogP contribution < -0.4 is 0 Å². The highest BCUT2D eigenvalue weighted by Crippen LogP contribution is 2.33. The Labute approximate surface area is 115 Å². The van der Waals surface area contributed by atoms with Crippen LogP contribution in [0.25, 0.3) is 0 Å². The number of hydrogen-bond donors (Lipinski definition) is 0. The molecular weight excluding hydrogens is 296 g/mol. The Hall–Kier alpha value is -0.370. The molecule has 1 fully saturated rings. The molecule has 2 rings (SSSR count). The van der Waals surface area contributed by atoms with Crippen LogP contribution in [0, 0.1) is 18.3 Å². The highest BCUT2D eigenvalue weighted by molar-refractivity contribution is 9.10. The third-order valence-corrected chi connectivity index (χ3v) is 5.46.